The summed E-state index contributed by atoms with van der Waals surface area (Å²) in [6.45, 7) is 1.64. The van der Waals surface area contributed by atoms with Crippen LogP contribution in [0.2, 0.25) is 0 Å². The van der Waals surface area contributed by atoms with Gasteiger partial charge in [-0.05, 0) is 18.6 Å². The lowest BCUT2D eigenvalue weighted by atomic mass is 10.2. The minimum atomic E-state index is -0.00728. The molecule has 0 spiro atoms. The highest BCUT2D eigenvalue weighted by Gasteiger charge is 2.04. The lowest BCUT2D eigenvalue weighted by Gasteiger charge is -2.19. The van der Waals surface area contributed by atoms with Crippen molar-refractivity contribution in [1.82, 2.24) is 4.98 Å². The SMILES string of the molecule is COCCCN(C)c1ccnc(C(=N)N)c1. The average Bonchev–Trinajstić information content (AvgIpc) is 2.29. The van der Waals surface area contributed by atoms with Crippen LogP contribution >= 0.6 is 0 Å². The fourth-order valence-corrected chi connectivity index (χ4v) is 1.38. The quantitative estimate of drug-likeness (QED) is 0.425. The minimum absolute atomic E-state index is 0.00728. The molecule has 0 saturated heterocycles. The number of aromatic nitrogens is 1. The molecule has 5 nitrogen and oxygen atoms in total. The van der Waals surface area contributed by atoms with Gasteiger partial charge in [-0.3, -0.25) is 10.4 Å². The van der Waals surface area contributed by atoms with E-state index >= 15 is 0 Å². The van der Waals surface area contributed by atoms with Crippen molar-refractivity contribution in [3.63, 3.8) is 0 Å². The number of anilines is 1. The standard InChI is InChI=1S/C11H18N4O/c1-15(6-3-7-16-2)9-4-5-14-10(8-9)11(12)13/h4-5,8H,3,6-7H2,1-2H3,(H3,12,13). The number of nitrogen functional groups attached to an aromatic ring is 1. The normalized spacial score (nSPS) is 10.1. The maximum atomic E-state index is 7.32. The van der Waals surface area contributed by atoms with Crippen molar-refractivity contribution < 1.29 is 4.74 Å². The third-order valence-corrected chi connectivity index (χ3v) is 2.30. The Labute approximate surface area is 95.7 Å². The van der Waals surface area contributed by atoms with Gasteiger partial charge in [-0.1, -0.05) is 0 Å². The summed E-state index contributed by atoms with van der Waals surface area (Å²) in [5.41, 5.74) is 6.91. The Balaban J connectivity index is 2.64. The Bertz CT molecular complexity index is 354. The van der Waals surface area contributed by atoms with E-state index in [4.69, 9.17) is 15.9 Å². The van der Waals surface area contributed by atoms with Gasteiger partial charge in [0, 0.05) is 39.2 Å². The first kappa shape index (κ1) is 12.4. The molecule has 0 bridgehead atoms. The fourth-order valence-electron chi connectivity index (χ4n) is 1.38. The summed E-state index contributed by atoms with van der Waals surface area (Å²) in [7, 11) is 3.69. The number of methoxy groups -OCH3 is 1. The maximum Gasteiger partial charge on any atom is 0.141 e. The van der Waals surface area contributed by atoms with E-state index < -0.39 is 0 Å². The molecule has 1 aromatic heterocycles. The summed E-state index contributed by atoms with van der Waals surface area (Å²) in [5.74, 6) is -0.00728. The van der Waals surface area contributed by atoms with Gasteiger partial charge in [0.1, 0.15) is 11.5 Å². The highest BCUT2D eigenvalue weighted by atomic mass is 16.5. The van der Waals surface area contributed by atoms with E-state index in [1.165, 1.54) is 0 Å². The molecule has 1 heterocycles. The predicted octanol–water partition coefficient (Wildman–Crippen LogP) is 0.838. The average molecular weight is 222 g/mol. The molecule has 5 heteroatoms. The van der Waals surface area contributed by atoms with Crippen LogP contribution in [0.4, 0.5) is 5.69 Å². The highest BCUT2D eigenvalue weighted by molar-refractivity contribution is 5.93. The smallest absolute Gasteiger partial charge is 0.141 e. The number of hydrogen-bond acceptors (Lipinski definition) is 4. The number of rotatable bonds is 6. The second-order valence-electron chi connectivity index (χ2n) is 3.58. The zero-order valence-corrected chi connectivity index (χ0v) is 9.73. The van der Waals surface area contributed by atoms with Crippen LogP contribution in [0.5, 0.6) is 0 Å². The molecule has 0 fully saturated rings. The van der Waals surface area contributed by atoms with E-state index in [0.29, 0.717) is 5.69 Å². The van der Waals surface area contributed by atoms with Crippen molar-refractivity contribution >= 4 is 11.5 Å². The Kier molecular flexibility index (Phi) is 4.72. The van der Waals surface area contributed by atoms with Crippen LogP contribution in [0.25, 0.3) is 0 Å². The molecular weight excluding hydrogens is 204 g/mol. The molecule has 16 heavy (non-hydrogen) atoms. The first-order valence-corrected chi connectivity index (χ1v) is 5.15. The van der Waals surface area contributed by atoms with Gasteiger partial charge < -0.3 is 15.4 Å². The number of ether oxygens (including phenoxy) is 1. The molecule has 3 N–H and O–H groups in total. The lowest BCUT2D eigenvalue weighted by Crippen LogP contribution is -2.21. The van der Waals surface area contributed by atoms with E-state index in [9.17, 15) is 0 Å². The van der Waals surface area contributed by atoms with Crippen LogP contribution in [0, 0.1) is 5.41 Å². The van der Waals surface area contributed by atoms with Crippen LogP contribution in [0.3, 0.4) is 0 Å². The summed E-state index contributed by atoms with van der Waals surface area (Å²) < 4.78 is 5.00. The van der Waals surface area contributed by atoms with Crippen molar-refractivity contribution in [1.29, 1.82) is 5.41 Å². The summed E-state index contributed by atoms with van der Waals surface area (Å²) in [5, 5.41) is 7.32. The van der Waals surface area contributed by atoms with Crippen LogP contribution in [-0.4, -0.2) is 38.1 Å². The number of nitrogens with zero attached hydrogens (tertiary/aromatic N) is 2. The molecule has 0 unspecified atom stereocenters. The first-order valence-electron chi connectivity index (χ1n) is 5.15. The van der Waals surface area contributed by atoms with Crippen molar-refractivity contribution in [2.75, 3.05) is 32.2 Å². The molecule has 1 aromatic rings. The molecule has 0 atom stereocenters. The van der Waals surface area contributed by atoms with Crippen LogP contribution in [-0.2, 0) is 4.74 Å². The second-order valence-corrected chi connectivity index (χ2v) is 3.58. The molecule has 0 radical (unpaired) electrons. The predicted molar refractivity (Wildman–Crippen MR) is 65.0 cm³/mol. The molecule has 0 aliphatic carbocycles. The van der Waals surface area contributed by atoms with Gasteiger partial charge in [-0.2, -0.15) is 0 Å². The Morgan fingerprint density at radius 2 is 2.38 bits per heavy atom. The zero-order valence-electron chi connectivity index (χ0n) is 9.73. The number of nitrogens with two attached hydrogens (primary N) is 1. The second kappa shape index (κ2) is 6.07. The third kappa shape index (κ3) is 3.51. The largest absolute Gasteiger partial charge is 0.385 e. The van der Waals surface area contributed by atoms with Crippen molar-refractivity contribution in [2.45, 2.75) is 6.42 Å². The number of amidine groups is 1. The van der Waals surface area contributed by atoms with Crippen LogP contribution < -0.4 is 10.6 Å². The fraction of sp³-hybridized carbons (Fsp3) is 0.455. The molecule has 0 aromatic carbocycles. The summed E-state index contributed by atoms with van der Waals surface area (Å²) in [4.78, 5) is 6.11. The molecule has 1 rings (SSSR count). The van der Waals surface area contributed by atoms with Gasteiger partial charge in [-0.15, -0.1) is 0 Å². The van der Waals surface area contributed by atoms with E-state index in [0.717, 1.165) is 25.3 Å². The van der Waals surface area contributed by atoms with E-state index in [2.05, 4.69) is 9.88 Å². The monoisotopic (exact) mass is 222 g/mol. The Morgan fingerprint density at radius 3 is 3.00 bits per heavy atom. The zero-order chi connectivity index (χ0) is 12.0. The van der Waals surface area contributed by atoms with E-state index in [1.54, 1.807) is 13.3 Å². The summed E-state index contributed by atoms with van der Waals surface area (Å²) in [6.07, 6.45) is 2.63. The van der Waals surface area contributed by atoms with Gasteiger partial charge >= 0.3 is 0 Å². The van der Waals surface area contributed by atoms with Gasteiger partial charge in [0.05, 0.1) is 0 Å². The van der Waals surface area contributed by atoms with Crippen molar-refractivity contribution in [3.8, 4) is 0 Å². The Morgan fingerprint density at radius 1 is 1.62 bits per heavy atom. The van der Waals surface area contributed by atoms with Crippen molar-refractivity contribution in [2.24, 2.45) is 5.73 Å². The number of nitrogens with one attached hydrogen (secondary N) is 1. The maximum absolute atomic E-state index is 7.32. The Hall–Kier alpha value is -1.62. The first-order chi connectivity index (χ1) is 7.65. The van der Waals surface area contributed by atoms with Gasteiger partial charge in [-0.25, -0.2) is 0 Å². The molecular formula is C11H18N4O. The van der Waals surface area contributed by atoms with Gasteiger partial charge in [0.2, 0.25) is 0 Å². The van der Waals surface area contributed by atoms with Crippen LogP contribution in [0.1, 0.15) is 12.1 Å². The highest BCUT2D eigenvalue weighted by Crippen LogP contribution is 2.12. The topological polar surface area (TPSA) is 75.2 Å². The van der Waals surface area contributed by atoms with Crippen molar-refractivity contribution in [3.05, 3.63) is 24.0 Å². The summed E-state index contributed by atoms with van der Waals surface area (Å²) >= 11 is 0. The number of hydrogen-bond donors (Lipinski definition) is 2. The molecule has 0 amide bonds. The third-order valence-electron chi connectivity index (χ3n) is 2.30. The molecule has 0 saturated carbocycles. The van der Waals surface area contributed by atoms with E-state index in [-0.39, 0.29) is 5.84 Å². The summed E-state index contributed by atoms with van der Waals surface area (Å²) in [6, 6.07) is 3.72. The molecule has 88 valence electrons. The molecule has 0 aliphatic rings. The minimum Gasteiger partial charge on any atom is -0.385 e. The van der Waals surface area contributed by atoms with E-state index in [1.807, 2.05) is 19.2 Å². The van der Waals surface area contributed by atoms with Gasteiger partial charge in [0.25, 0.3) is 0 Å². The van der Waals surface area contributed by atoms with Crippen LogP contribution in [0.15, 0.2) is 18.3 Å². The van der Waals surface area contributed by atoms with Gasteiger partial charge in [0.15, 0.2) is 0 Å². The molecule has 0 aliphatic heterocycles. The number of pyridine rings is 1. The lowest BCUT2D eigenvalue weighted by molar-refractivity contribution is 0.196.